The average Bonchev–Trinajstić information content (AvgIpc) is 2.89. The Labute approximate surface area is 81.2 Å². The van der Waals surface area contributed by atoms with E-state index in [1.165, 1.54) is 12.2 Å². The number of carbonyl (C=O) groups is 2. The van der Waals surface area contributed by atoms with Gasteiger partial charge in [0.15, 0.2) is 5.78 Å². The van der Waals surface area contributed by atoms with Crippen molar-refractivity contribution in [3.63, 3.8) is 0 Å². The van der Waals surface area contributed by atoms with Gasteiger partial charge >= 0.3 is 5.97 Å². The predicted molar refractivity (Wildman–Crippen MR) is 47.5 cm³/mol. The van der Waals surface area contributed by atoms with Gasteiger partial charge in [0, 0.05) is 6.08 Å². The van der Waals surface area contributed by atoms with Crippen molar-refractivity contribution in [3.05, 3.63) is 24.3 Å². The molecule has 0 radical (unpaired) electrons. The highest BCUT2D eigenvalue weighted by molar-refractivity contribution is 6.02. The highest BCUT2D eigenvalue weighted by Gasteiger charge is 2.43. The summed E-state index contributed by atoms with van der Waals surface area (Å²) in [5, 5.41) is 0. The van der Waals surface area contributed by atoms with Gasteiger partial charge in [-0.25, -0.2) is 4.79 Å². The molecule has 0 amide bonds. The zero-order valence-corrected chi connectivity index (χ0v) is 7.67. The lowest BCUT2D eigenvalue weighted by Gasteiger charge is -2.08. The van der Waals surface area contributed by atoms with Gasteiger partial charge < -0.3 is 9.47 Å². The average molecular weight is 194 g/mol. The third kappa shape index (κ3) is 1.90. The molecule has 0 spiro atoms. The second-order valence-corrected chi connectivity index (χ2v) is 3.30. The number of epoxide rings is 1. The molecular weight excluding hydrogens is 184 g/mol. The van der Waals surface area contributed by atoms with Crippen molar-refractivity contribution in [1.29, 1.82) is 0 Å². The topological polar surface area (TPSA) is 55.9 Å². The number of hydrogen-bond acceptors (Lipinski definition) is 4. The van der Waals surface area contributed by atoms with Crippen LogP contribution in [0, 0.1) is 0 Å². The summed E-state index contributed by atoms with van der Waals surface area (Å²) in [5.74, 6) is -0.735. The number of esters is 1. The third-order valence-electron chi connectivity index (χ3n) is 2.16. The summed E-state index contributed by atoms with van der Waals surface area (Å²) in [6.07, 6.45) is 4.96. The molecule has 14 heavy (non-hydrogen) atoms. The van der Waals surface area contributed by atoms with Gasteiger partial charge in [-0.05, 0) is 25.2 Å². The van der Waals surface area contributed by atoms with E-state index in [1.807, 2.05) is 0 Å². The molecule has 2 aliphatic rings. The van der Waals surface area contributed by atoms with Crippen molar-refractivity contribution in [1.82, 2.24) is 0 Å². The van der Waals surface area contributed by atoms with Gasteiger partial charge in [0.2, 0.25) is 0 Å². The van der Waals surface area contributed by atoms with Crippen molar-refractivity contribution in [3.8, 4) is 0 Å². The molecule has 0 aromatic carbocycles. The fourth-order valence-corrected chi connectivity index (χ4v) is 1.35. The SMILES string of the molecule is C[C@H]1OC(=O)C=CC(=O)C=C[C@H]2O[C@@H]12. The van der Waals surface area contributed by atoms with Crippen LogP contribution in [0.2, 0.25) is 0 Å². The Morgan fingerprint density at radius 3 is 2.79 bits per heavy atom. The molecule has 74 valence electrons. The predicted octanol–water partition coefficient (Wildman–Crippen LogP) is 0.381. The summed E-state index contributed by atoms with van der Waals surface area (Å²) in [6.45, 7) is 1.77. The Balaban J connectivity index is 2.15. The first kappa shape index (κ1) is 9.15. The number of cyclic esters (lactones) is 1. The van der Waals surface area contributed by atoms with E-state index in [1.54, 1.807) is 13.0 Å². The molecule has 4 heteroatoms. The minimum absolute atomic E-state index is 0.0896. The Bertz CT molecular complexity index is 329. The van der Waals surface area contributed by atoms with E-state index in [4.69, 9.17) is 9.47 Å². The molecule has 0 aliphatic carbocycles. The quantitative estimate of drug-likeness (QED) is 0.413. The van der Waals surface area contributed by atoms with Crippen LogP contribution in [0.3, 0.4) is 0 Å². The van der Waals surface area contributed by atoms with E-state index in [2.05, 4.69) is 0 Å². The van der Waals surface area contributed by atoms with Crippen molar-refractivity contribution < 1.29 is 19.1 Å². The van der Waals surface area contributed by atoms with Crippen LogP contribution in [0.5, 0.6) is 0 Å². The third-order valence-corrected chi connectivity index (χ3v) is 2.16. The Kier molecular flexibility index (Phi) is 2.21. The van der Waals surface area contributed by atoms with Crippen molar-refractivity contribution in [2.45, 2.75) is 25.2 Å². The molecule has 0 aromatic rings. The first-order valence-corrected chi connectivity index (χ1v) is 4.43. The van der Waals surface area contributed by atoms with E-state index < -0.39 is 5.97 Å². The van der Waals surface area contributed by atoms with Crippen molar-refractivity contribution in [2.24, 2.45) is 0 Å². The lowest BCUT2D eigenvalue weighted by molar-refractivity contribution is -0.143. The van der Waals surface area contributed by atoms with Gasteiger partial charge in [-0.2, -0.15) is 0 Å². The summed E-state index contributed by atoms with van der Waals surface area (Å²) in [6, 6.07) is 0. The van der Waals surface area contributed by atoms with Crippen LogP contribution in [-0.2, 0) is 19.1 Å². The number of ketones is 1. The molecular formula is C10H10O4. The van der Waals surface area contributed by atoms with Crippen molar-refractivity contribution >= 4 is 11.8 Å². The maximum atomic E-state index is 11.1. The standard InChI is InChI=1S/C10H10O4/c1-6-10-8(14-10)4-2-7(11)3-5-9(12)13-6/h2-6,8,10H,1H3/t6-,8-,10+/m1/s1. The molecule has 2 aliphatic heterocycles. The number of allylic oxidation sites excluding steroid dienone is 2. The van der Waals surface area contributed by atoms with Gasteiger partial charge in [-0.15, -0.1) is 0 Å². The summed E-state index contributed by atoms with van der Waals surface area (Å²) in [5.41, 5.74) is 0. The van der Waals surface area contributed by atoms with Crippen LogP contribution < -0.4 is 0 Å². The molecule has 1 saturated heterocycles. The van der Waals surface area contributed by atoms with Crippen LogP contribution in [0.1, 0.15) is 6.92 Å². The van der Waals surface area contributed by atoms with Gasteiger partial charge in [-0.3, -0.25) is 4.79 Å². The summed E-state index contributed by atoms with van der Waals surface area (Å²) < 4.78 is 10.2. The molecule has 1 fully saturated rings. The summed E-state index contributed by atoms with van der Waals surface area (Å²) in [4.78, 5) is 22.1. The van der Waals surface area contributed by atoms with Crippen LogP contribution in [-0.4, -0.2) is 30.1 Å². The van der Waals surface area contributed by atoms with Crippen LogP contribution in [0.25, 0.3) is 0 Å². The number of ether oxygens (including phenoxy) is 2. The molecule has 0 saturated carbocycles. The number of carbonyl (C=O) groups excluding carboxylic acids is 2. The Morgan fingerprint density at radius 2 is 2.00 bits per heavy atom. The fourth-order valence-electron chi connectivity index (χ4n) is 1.35. The van der Waals surface area contributed by atoms with Gasteiger partial charge in [0.1, 0.15) is 18.3 Å². The van der Waals surface area contributed by atoms with E-state index >= 15 is 0 Å². The smallest absolute Gasteiger partial charge is 0.331 e. The molecule has 0 aromatic heterocycles. The normalized spacial score (nSPS) is 36.2. The first-order valence-electron chi connectivity index (χ1n) is 4.43. The van der Waals surface area contributed by atoms with Gasteiger partial charge in [-0.1, -0.05) is 0 Å². The largest absolute Gasteiger partial charge is 0.457 e. The zero-order valence-electron chi connectivity index (χ0n) is 7.67. The Morgan fingerprint density at radius 1 is 1.21 bits per heavy atom. The van der Waals surface area contributed by atoms with Crippen LogP contribution >= 0.6 is 0 Å². The highest BCUT2D eigenvalue weighted by atomic mass is 16.6. The molecule has 2 heterocycles. The molecule has 0 unspecified atom stereocenters. The number of fused-ring (bicyclic) bond motifs is 1. The molecule has 4 nitrogen and oxygen atoms in total. The fraction of sp³-hybridized carbons (Fsp3) is 0.400. The minimum Gasteiger partial charge on any atom is -0.457 e. The summed E-state index contributed by atoms with van der Waals surface area (Å²) >= 11 is 0. The lowest BCUT2D eigenvalue weighted by atomic mass is 10.2. The summed E-state index contributed by atoms with van der Waals surface area (Å²) in [7, 11) is 0. The Hall–Kier alpha value is -1.42. The maximum absolute atomic E-state index is 11.1. The van der Waals surface area contributed by atoms with E-state index in [-0.39, 0.29) is 24.1 Å². The first-order chi connectivity index (χ1) is 6.66. The van der Waals surface area contributed by atoms with E-state index in [9.17, 15) is 9.59 Å². The second-order valence-electron chi connectivity index (χ2n) is 3.30. The van der Waals surface area contributed by atoms with Crippen LogP contribution in [0.4, 0.5) is 0 Å². The maximum Gasteiger partial charge on any atom is 0.331 e. The van der Waals surface area contributed by atoms with E-state index in [0.717, 1.165) is 6.08 Å². The molecule has 0 bridgehead atoms. The lowest BCUT2D eigenvalue weighted by Crippen LogP contribution is -2.21. The number of rotatable bonds is 0. The van der Waals surface area contributed by atoms with Gasteiger partial charge in [0.05, 0.1) is 0 Å². The van der Waals surface area contributed by atoms with Crippen molar-refractivity contribution in [2.75, 3.05) is 0 Å². The monoisotopic (exact) mass is 194 g/mol. The van der Waals surface area contributed by atoms with Crippen LogP contribution in [0.15, 0.2) is 24.3 Å². The van der Waals surface area contributed by atoms with E-state index in [0.29, 0.717) is 0 Å². The molecule has 2 rings (SSSR count). The number of hydrogen-bond donors (Lipinski definition) is 0. The highest BCUT2D eigenvalue weighted by Crippen LogP contribution is 2.28. The molecule has 3 atom stereocenters. The second kappa shape index (κ2) is 3.38. The molecule has 0 N–H and O–H groups in total. The minimum atomic E-state index is -0.504. The zero-order chi connectivity index (χ0) is 10.1. The van der Waals surface area contributed by atoms with Gasteiger partial charge in [0.25, 0.3) is 0 Å².